The lowest BCUT2D eigenvalue weighted by Gasteiger charge is -2.08. The van der Waals surface area contributed by atoms with E-state index in [1.807, 2.05) is 0 Å². The van der Waals surface area contributed by atoms with Gasteiger partial charge in [-0.2, -0.15) is 18.3 Å². The molecule has 0 fully saturated rings. The third-order valence-electron chi connectivity index (χ3n) is 2.78. The third kappa shape index (κ3) is 3.85. The molecule has 0 bridgehead atoms. The first-order valence-electron chi connectivity index (χ1n) is 6.12. The minimum atomic E-state index is -4.40. The van der Waals surface area contributed by atoms with Gasteiger partial charge in [0.1, 0.15) is 11.5 Å². The third-order valence-corrected chi connectivity index (χ3v) is 3.04. The molecule has 116 valence electrons. The van der Waals surface area contributed by atoms with Crippen molar-refractivity contribution in [3.63, 3.8) is 0 Å². The highest BCUT2D eigenvalue weighted by molar-refractivity contribution is 7.80. The second kappa shape index (κ2) is 6.18. The van der Waals surface area contributed by atoms with Crippen molar-refractivity contribution in [3.05, 3.63) is 47.7 Å². The maximum Gasteiger partial charge on any atom is 0.416 e. The zero-order chi connectivity index (χ0) is 16.3. The zero-order valence-electron chi connectivity index (χ0n) is 11.5. The molecule has 1 aromatic heterocycles. The summed E-state index contributed by atoms with van der Waals surface area (Å²) in [7, 11) is 1.56. The van der Waals surface area contributed by atoms with Gasteiger partial charge >= 0.3 is 6.18 Å². The quantitative estimate of drug-likeness (QED) is 0.533. The van der Waals surface area contributed by atoms with Crippen LogP contribution in [0.5, 0.6) is 0 Å². The van der Waals surface area contributed by atoms with Crippen LogP contribution in [0.4, 0.5) is 13.2 Å². The van der Waals surface area contributed by atoms with E-state index in [-0.39, 0.29) is 5.11 Å². The van der Waals surface area contributed by atoms with Crippen molar-refractivity contribution in [2.24, 2.45) is 10.8 Å². The van der Waals surface area contributed by atoms with Gasteiger partial charge in [0.05, 0.1) is 11.8 Å². The predicted molar refractivity (Wildman–Crippen MR) is 81.3 cm³/mol. The van der Waals surface area contributed by atoms with E-state index in [1.54, 1.807) is 19.2 Å². The molecule has 0 saturated heterocycles. The Hall–Kier alpha value is -2.35. The Bertz CT molecular complexity index is 709. The van der Waals surface area contributed by atoms with Crippen LogP contribution in [0.1, 0.15) is 11.3 Å². The normalized spacial score (nSPS) is 11.8. The molecule has 0 aliphatic carbocycles. The van der Waals surface area contributed by atoms with E-state index >= 15 is 0 Å². The summed E-state index contributed by atoms with van der Waals surface area (Å²) in [5, 5.41) is 5.28. The second-order valence-corrected chi connectivity index (χ2v) is 4.81. The van der Waals surface area contributed by atoms with Crippen LogP contribution >= 0.6 is 12.2 Å². The monoisotopic (exact) mass is 327 g/mol. The summed E-state index contributed by atoms with van der Waals surface area (Å²) in [5.41, 5.74) is 4.96. The first-order chi connectivity index (χ1) is 10.3. The molecule has 2 aromatic rings. The summed E-state index contributed by atoms with van der Waals surface area (Å²) >= 11 is 4.72. The number of hydrazone groups is 1. The molecule has 0 spiro atoms. The highest BCUT2D eigenvalue weighted by Crippen LogP contribution is 2.32. The molecule has 4 nitrogen and oxygen atoms in total. The van der Waals surface area contributed by atoms with Crippen molar-refractivity contribution in [3.8, 4) is 11.3 Å². The minimum absolute atomic E-state index is 0.0842. The number of rotatable bonds is 3. The van der Waals surface area contributed by atoms with Gasteiger partial charge < -0.3 is 10.2 Å². The van der Waals surface area contributed by atoms with Crippen molar-refractivity contribution < 1.29 is 17.6 Å². The maximum atomic E-state index is 12.7. The number of nitrogens with zero attached hydrogens (tertiary/aromatic N) is 2. The Balaban J connectivity index is 2.23. The summed E-state index contributed by atoms with van der Waals surface area (Å²) in [6.45, 7) is 0. The number of benzene rings is 1. The lowest BCUT2D eigenvalue weighted by Crippen LogP contribution is -2.26. The number of halogens is 3. The van der Waals surface area contributed by atoms with Crippen molar-refractivity contribution in [2.75, 3.05) is 7.05 Å². The molecule has 8 heteroatoms. The van der Waals surface area contributed by atoms with E-state index in [0.29, 0.717) is 17.1 Å². The van der Waals surface area contributed by atoms with Crippen LogP contribution in [0.3, 0.4) is 0 Å². The van der Waals surface area contributed by atoms with Crippen molar-refractivity contribution in [1.29, 1.82) is 0 Å². The van der Waals surface area contributed by atoms with E-state index in [4.69, 9.17) is 22.4 Å². The van der Waals surface area contributed by atoms with Gasteiger partial charge in [0.2, 0.25) is 0 Å². The molecule has 1 aromatic carbocycles. The summed E-state index contributed by atoms with van der Waals surface area (Å²) in [5.74, 6) is 0.682. The first-order valence-corrected chi connectivity index (χ1v) is 6.53. The molecule has 0 saturated carbocycles. The molecule has 0 unspecified atom stereocenters. The number of hydrogen-bond donors (Lipinski definition) is 1. The first kappa shape index (κ1) is 16.0. The Labute approximate surface area is 130 Å². The van der Waals surface area contributed by atoms with Gasteiger partial charge in [-0.05, 0) is 36.5 Å². The Morgan fingerprint density at radius 1 is 1.32 bits per heavy atom. The van der Waals surface area contributed by atoms with E-state index in [0.717, 1.165) is 12.1 Å². The number of alkyl halides is 3. The zero-order valence-corrected chi connectivity index (χ0v) is 12.3. The molecule has 0 aliphatic rings. The fourth-order valence-electron chi connectivity index (χ4n) is 1.63. The largest absolute Gasteiger partial charge is 0.455 e. The topological polar surface area (TPSA) is 54.8 Å². The van der Waals surface area contributed by atoms with Gasteiger partial charge in [-0.15, -0.1) is 0 Å². The van der Waals surface area contributed by atoms with Crippen LogP contribution in [-0.4, -0.2) is 23.4 Å². The van der Waals surface area contributed by atoms with Gasteiger partial charge in [-0.25, -0.2) is 5.01 Å². The SMILES string of the molecule is CN(N=Cc1ccc(-c2cccc(C(F)(F)F)c2)o1)C(N)=S. The van der Waals surface area contributed by atoms with Gasteiger partial charge in [-0.3, -0.25) is 0 Å². The Morgan fingerprint density at radius 2 is 2.05 bits per heavy atom. The number of furan rings is 1. The molecule has 0 amide bonds. The molecular weight excluding hydrogens is 315 g/mol. The van der Waals surface area contributed by atoms with Crippen LogP contribution in [0.15, 0.2) is 45.9 Å². The maximum absolute atomic E-state index is 12.7. The van der Waals surface area contributed by atoms with Crippen LogP contribution in [0.2, 0.25) is 0 Å². The lowest BCUT2D eigenvalue weighted by molar-refractivity contribution is -0.137. The molecule has 0 atom stereocenters. The lowest BCUT2D eigenvalue weighted by atomic mass is 10.1. The van der Waals surface area contributed by atoms with Crippen molar-refractivity contribution >= 4 is 23.5 Å². The fraction of sp³-hybridized carbons (Fsp3) is 0.143. The standard InChI is InChI=1S/C14H12F3N3OS/c1-20(13(18)22)19-8-11-5-6-12(21-11)9-3-2-4-10(7-9)14(15,16)17/h2-8H,1H3,(H2,18,22). The highest BCUT2D eigenvalue weighted by atomic mass is 32.1. The molecule has 1 heterocycles. The number of nitrogens with two attached hydrogens (primary N) is 1. The molecule has 2 rings (SSSR count). The smallest absolute Gasteiger partial charge is 0.416 e. The second-order valence-electron chi connectivity index (χ2n) is 4.39. The minimum Gasteiger partial charge on any atom is -0.455 e. The van der Waals surface area contributed by atoms with Gasteiger partial charge in [0, 0.05) is 12.6 Å². The van der Waals surface area contributed by atoms with Crippen LogP contribution in [0, 0.1) is 0 Å². The number of hydrogen-bond acceptors (Lipinski definition) is 3. The van der Waals surface area contributed by atoms with Gasteiger partial charge in [-0.1, -0.05) is 12.1 Å². The van der Waals surface area contributed by atoms with Crippen molar-refractivity contribution in [2.45, 2.75) is 6.18 Å². The fourth-order valence-corrected chi connectivity index (χ4v) is 1.67. The summed E-state index contributed by atoms with van der Waals surface area (Å²) in [4.78, 5) is 0. The molecule has 0 radical (unpaired) electrons. The Morgan fingerprint density at radius 3 is 2.68 bits per heavy atom. The van der Waals surface area contributed by atoms with Crippen molar-refractivity contribution in [1.82, 2.24) is 5.01 Å². The number of thiocarbonyl (C=S) groups is 1. The van der Waals surface area contributed by atoms with E-state index < -0.39 is 11.7 Å². The molecular formula is C14H12F3N3OS. The van der Waals surface area contributed by atoms with Gasteiger partial charge in [0.15, 0.2) is 5.11 Å². The van der Waals surface area contributed by atoms with Crippen LogP contribution < -0.4 is 5.73 Å². The average molecular weight is 327 g/mol. The van der Waals surface area contributed by atoms with E-state index in [1.165, 1.54) is 23.4 Å². The average Bonchev–Trinajstić information content (AvgIpc) is 2.92. The predicted octanol–water partition coefficient (Wildman–Crippen LogP) is 3.47. The Kier molecular flexibility index (Phi) is 4.51. The van der Waals surface area contributed by atoms with Crippen LogP contribution in [0.25, 0.3) is 11.3 Å². The van der Waals surface area contributed by atoms with E-state index in [2.05, 4.69) is 5.10 Å². The van der Waals surface area contributed by atoms with E-state index in [9.17, 15) is 13.2 Å². The highest BCUT2D eigenvalue weighted by Gasteiger charge is 2.30. The summed E-state index contributed by atoms with van der Waals surface area (Å²) in [6, 6.07) is 8.06. The molecule has 2 N–H and O–H groups in total. The van der Waals surface area contributed by atoms with Crippen LogP contribution in [-0.2, 0) is 6.18 Å². The molecule has 0 aliphatic heterocycles. The summed E-state index contributed by atoms with van der Waals surface area (Å²) < 4.78 is 43.5. The summed E-state index contributed by atoms with van der Waals surface area (Å²) in [6.07, 6.45) is -3.03. The molecule has 22 heavy (non-hydrogen) atoms. The van der Waals surface area contributed by atoms with Gasteiger partial charge in [0.25, 0.3) is 0 Å².